The van der Waals surface area contributed by atoms with Crippen molar-refractivity contribution in [3.63, 3.8) is 0 Å². The Morgan fingerprint density at radius 2 is 1.67 bits per heavy atom. The summed E-state index contributed by atoms with van der Waals surface area (Å²) in [6, 6.07) is 18.6. The summed E-state index contributed by atoms with van der Waals surface area (Å²) in [6.45, 7) is 1.99. The van der Waals surface area contributed by atoms with E-state index < -0.39 is 18.1 Å². The van der Waals surface area contributed by atoms with Gasteiger partial charge in [0.2, 0.25) is 0 Å². The standard InChI is InChI=1S/C24H22N2O4/c1-15-7-6-12-25-21(15)13-22(23(27)28)26-24(29)30-14-20-18-10-4-2-8-16(18)17-9-3-5-11-19(17)20/h2-12,20,22H,13-14H2,1H3,(H,26,29)(H,27,28). The molecule has 0 aliphatic heterocycles. The zero-order valence-corrected chi connectivity index (χ0v) is 16.5. The van der Waals surface area contributed by atoms with Gasteiger partial charge < -0.3 is 15.2 Å². The molecule has 0 bridgehead atoms. The predicted molar refractivity (Wildman–Crippen MR) is 112 cm³/mol. The molecule has 1 amide bonds. The highest BCUT2D eigenvalue weighted by molar-refractivity contribution is 5.81. The van der Waals surface area contributed by atoms with Crippen LogP contribution in [0.15, 0.2) is 66.9 Å². The average molecular weight is 402 g/mol. The van der Waals surface area contributed by atoms with E-state index in [0.717, 1.165) is 27.8 Å². The molecule has 1 heterocycles. The first-order valence-corrected chi connectivity index (χ1v) is 9.79. The second-order valence-corrected chi connectivity index (χ2v) is 7.33. The van der Waals surface area contributed by atoms with Crippen molar-refractivity contribution in [3.8, 4) is 11.1 Å². The molecule has 0 saturated carbocycles. The van der Waals surface area contributed by atoms with E-state index >= 15 is 0 Å². The maximum Gasteiger partial charge on any atom is 0.407 e. The van der Waals surface area contributed by atoms with Crippen LogP contribution in [0.3, 0.4) is 0 Å². The first kappa shape index (κ1) is 19.6. The number of benzene rings is 2. The van der Waals surface area contributed by atoms with Crippen molar-refractivity contribution < 1.29 is 19.4 Å². The number of carbonyl (C=O) groups is 2. The van der Waals surface area contributed by atoms with Crippen LogP contribution in [0.25, 0.3) is 11.1 Å². The number of carbonyl (C=O) groups excluding carboxylic acids is 1. The van der Waals surface area contributed by atoms with E-state index in [-0.39, 0.29) is 18.9 Å². The number of alkyl carbamates (subject to hydrolysis) is 1. The fourth-order valence-electron chi connectivity index (χ4n) is 3.91. The number of ether oxygens (including phenoxy) is 1. The summed E-state index contributed by atoms with van der Waals surface area (Å²) in [5.74, 6) is -1.21. The number of aliphatic carboxylic acids is 1. The third-order valence-corrected chi connectivity index (χ3v) is 5.45. The molecule has 152 valence electrons. The third-order valence-electron chi connectivity index (χ3n) is 5.45. The number of aromatic nitrogens is 1. The van der Waals surface area contributed by atoms with E-state index in [9.17, 15) is 14.7 Å². The van der Waals surface area contributed by atoms with Crippen LogP contribution in [0.5, 0.6) is 0 Å². The van der Waals surface area contributed by atoms with E-state index in [1.807, 2.05) is 49.4 Å². The Morgan fingerprint density at radius 1 is 1.03 bits per heavy atom. The molecule has 2 N–H and O–H groups in total. The summed E-state index contributed by atoms with van der Waals surface area (Å²) < 4.78 is 5.45. The van der Waals surface area contributed by atoms with Crippen molar-refractivity contribution in [2.45, 2.75) is 25.3 Å². The fourth-order valence-corrected chi connectivity index (χ4v) is 3.91. The predicted octanol–water partition coefficient (Wildman–Crippen LogP) is 3.92. The Balaban J connectivity index is 1.44. The quantitative estimate of drug-likeness (QED) is 0.652. The minimum absolute atomic E-state index is 0.0792. The molecule has 0 saturated heterocycles. The van der Waals surface area contributed by atoms with Crippen LogP contribution in [-0.4, -0.2) is 34.8 Å². The number of carboxylic acids is 1. The number of nitrogens with zero attached hydrogens (tertiary/aromatic N) is 1. The molecule has 1 aromatic heterocycles. The molecule has 1 aliphatic carbocycles. The molecule has 1 atom stereocenters. The van der Waals surface area contributed by atoms with Crippen molar-refractivity contribution >= 4 is 12.1 Å². The van der Waals surface area contributed by atoms with Crippen molar-refractivity contribution in [1.29, 1.82) is 0 Å². The van der Waals surface area contributed by atoms with Gasteiger partial charge in [0.05, 0.1) is 0 Å². The van der Waals surface area contributed by atoms with E-state index in [1.54, 1.807) is 12.3 Å². The smallest absolute Gasteiger partial charge is 0.407 e. The topological polar surface area (TPSA) is 88.5 Å². The highest BCUT2D eigenvalue weighted by Gasteiger charge is 2.30. The maximum absolute atomic E-state index is 12.4. The number of nitrogens with one attached hydrogen (secondary N) is 1. The van der Waals surface area contributed by atoms with Gasteiger partial charge in [-0.1, -0.05) is 54.6 Å². The Morgan fingerprint density at radius 3 is 2.27 bits per heavy atom. The number of carboxylic acid groups (broad SMARTS) is 1. The number of fused-ring (bicyclic) bond motifs is 3. The van der Waals surface area contributed by atoms with E-state index in [1.165, 1.54) is 0 Å². The fraction of sp³-hybridized carbons (Fsp3) is 0.208. The first-order chi connectivity index (χ1) is 14.5. The second-order valence-electron chi connectivity index (χ2n) is 7.33. The van der Waals surface area contributed by atoms with Crippen molar-refractivity contribution in [2.75, 3.05) is 6.61 Å². The maximum atomic E-state index is 12.4. The van der Waals surface area contributed by atoms with Gasteiger partial charge in [0.25, 0.3) is 0 Å². The molecule has 0 spiro atoms. The molecule has 4 rings (SSSR count). The zero-order valence-electron chi connectivity index (χ0n) is 16.5. The van der Waals surface area contributed by atoms with Crippen LogP contribution in [-0.2, 0) is 16.0 Å². The second kappa shape index (κ2) is 8.37. The van der Waals surface area contributed by atoms with Crippen molar-refractivity contribution in [3.05, 3.63) is 89.2 Å². The van der Waals surface area contributed by atoms with Crippen LogP contribution in [0.1, 0.15) is 28.3 Å². The van der Waals surface area contributed by atoms with Crippen LogP contribution in [0.2, 0.25) is 0 Å². The number of pyridine rings is 1. The molecular weight excluding hydrogens is 380 g/mol. The number of amides is 1. The highest BCUT2D eigenvalue weighted by atomic mass is 16.5. The summed E-state index contributed by atoms with van der Waals surface area (Å²) in [5, 5.41) is 12.0. The first-order valence-electron chi connectivity index (χ1n) is 9.79. The summed E-state index contributed by atoms with van der Waals surface area (Å²) in [6.07, 6.45) is 0.943. The lowest BCUT2D eigenvalue weighted by molar-refractivity contribution is -0.139. The number of aryl methyl sites for hydroxylation is 1. The lowest BCUT2D eigenvalue weighted by atomic mass is 9.98. The molecule has 2 aromatic carbocycles. The largest absolute Gasteiger partial charge is 0.480 e. The van der Waals surface area contributed by atoms with Crippen LogP contribution < -0.4 is 5.32 Å². The van der Waals surface area contributed by atoms with Crippen LogP contribution in [0, 0.1) is 6.92 Å². The molecular formula is C24H22N2O4. The average Bonchev–Trinajstić information content (AvgIpc) is 3.07. The summed E-state index contributed by atoms with van der Waals surface area (Å²) in [7, 11) is 0. The van der Waals surface area contributed by atoms with Gasteiger partial charge in [0.15, 0.2) is 0 Å². The van der Waals surface area contributed by atoms with Crippen molar-refractivity contribution in [1.82, 2.24) is 10.3 Å². The van der Waals surface area contributed by atoms with Crippen LogP contribution >= 0.6 is 0 Å². The van der Waals surface area contributed by atoms with Gasteiger partial charge in [-0.2, -0.15) is 0 Å². The Labute approximate surface area is 174 Å². The lowest BCUT2D eigenvalue weighted by Gasteiger charge is -2.17. The zero-order chi connectivity index (χ0) is 21.1. The monoisotopic (exact) mass is 402 g/mol. The lowest BCUT2D eigenvalue weighted by Crippen LogP contribution is -2.43. The summed E-state index contributed by atoms with van der Waals surface area (Å²) >= 11 is 0. The summed E-state index contributed by atoms with van der Waals surface area (Å²) in [5.41, 5.74) is 5.98. The number of hydrogen-bond acceptors (Lipinski definition) is 4. The van der Waals surface area contributed by atoms with Gasteiger partial charge in [0, 0.05) is 24.2 Å². The molecule has 6 nitrogen and oxygen atoms in total. The Bertz CT molecular complexity index is 1050. The molecule has 1 unspecified atom stereocenters. The molecule has 3 aromatic rings. The molecule has 0 radical (unpaired) electrons. The molecule has 6 heteroatoms. The Kier molecular flexibility index (Phi) is 5.48. The van der Waals surface area contributed by atoms with Gasteiger partial charge in [-0.3, -0.25) is 4.98 Å². The normalized spacial score (nSPS) is 13.2. The van der Waals surface area contributed by atoms with Crippen molar-refractivity contribution in [2.24, 2.45) is 0 Å². The van der Waals surface area contributed by atoms with E-state index in [4.69, 9.17) is 4.74 Å². The van der Waals surface area contributed by atoms with Gasteiger partial charge >= 0.3 is 12.1 Å². The van der Waals surface area contributed by atoms with Gasteiger partial charge in [-0.15, -0.1) is 0 Å². The minimum atomic E-state index is -1.13. The molecule has 1 aliphatic rings. The van der Waals surface area contributed by atoms with Gasteiger partial charge in [-0.05, 0) is 40.8 Å². The Hall–Kier alpha value is -3.67. The van der Waals surface area contributed by atoms with Crippen LogP contribution in [0.4, 0.5) is 4.79 Å². The van der Waals surface area contributed by atoms with Gasteiger partial charge in [-0.25, -0.2) is 9.59 Å². The third kappa shape index (κ3) is 3.89. The molecule has 30 heavy (non-hydrogen) atoms. The summed E-state index contributed by atoms with van der Waals surface area (Å²) in [4.78, 5) is 28.2. The van der Waals surface area contributed by atoms with E-state index in [0.29, 0.717) is 5.69 Å². The van der Waals surface area contributed by atoms with Gasteiger partial charge in [0.1, 0.15) is 12.6 Å². The van der Waals surface area contributed by atoms with E-state index in [2.05, 4.69) is 22.4 Å². The highest BCUT2D eigenvalue weighted by Crippen LogP contribution is 2.44. The molecule has 0 fully saturated rings. The SMILES string of the molecule is Cc1cccnc1CC(NC(=O)OCC1c2ccccc2-c2ccccc21)C(=O)O. The number of rotatable bonds is 6. The number of hydrogen-bond donors (Lipinski definition) is 2. The minimum Gasteiger partial charge on any atom is -0.480 e.